The van der Waals surface area contributed by atoms with Crippen molar-refractivity contribution >= 4 is 29.3 Å². The normalized spacial score (nSPS) is 30.0. The number of carboxylic acids is 1. The number of hydrogen-bond acceptors (Lipinski definition) is 13. The van der Waals surface area contributed by atoms with E-state index < -0.39 is 77.7 Å². The number of nitrogens with zero attached hydrogens (tertiary/aromatic N) is 2. The molecule has 8 rings (SSSR count). The number of carbonyl (C=O) groups excluding carboxylic acids is 1. The molecule has 3 aliphatic heterocycles. The molecule has 1 aromatic heterocycles. The minimum atomic E-state index is -1.82. The number of hydrogen-bond donors (Lipinski definition) is 10. The molecule has 0 unspecified atom stereocenters. The first-order chi connectivity index (χ1) is 28.4. The molecule has 4 aromatic rings. The minimum Gasteiger partial charge on any atom is -0.508 e. The number of phenolic OH excluding ortho intramolecular Hbond substituents is 2. The number of phenols is 2. The number of nitrogens with one attached hydrogen (secondary N) is 2. The number of anilines is 2. The Morgan fingerprint density at radius 2 is 1.78 bits per heavy atom. The molecule has 59 heavy (non-hydrogen) atoms. The van der Waals surface area contributed by atoms with Crippen LogP contribution in [0.4, 0.5) is 11.4 Å². The van der Waals surface area contributed by atoms with E-state index in [1.165, 1.54) is 36.7 Å². The molecule has 0 bridgehead atoms. The molecule has 3 aromatic carbocycles. The summed E-state index contributed by atoms with van der Waals surface area (Å²) in [7, 11) is 0. The van der Waals surface area contributed by atoms with E-state index in [-0.39, 0.29) is 30.2 Å². The number of para-hydroxylation sites is 1. The zero-order valence-corrected chi connectivity index (χ0v) is 32.0. The van der Waals surface area contributed by atoms with Crippen molar-refractivity contribution in [1.29, 1.82) is 0 Å². The Kier molecular flexibility index (Phi) is 10.9. The fourth-order valence-corrected chi connectivity index (χ4v) is 9.89. The highest BCUT2D eigenvalue weighted by Crippen LogP contribution is 2.62. The standard InChI is InChI=1S/C43H48N4O12/c48-19-34-37(53)38(54)39(55)41(59-34)58-33-16-30-26(15-32(33)51)27(17-43-12-4-3-11-42(43,21-49)20-45-29-6-2-1-5-28(29)43)36(40(56)57)47(30)35(52)10-8-23-7-9-31(50)24(13-23)14-25-18-44-22-46-25/h1-2,5-10,13,15-16,18,22,27,34,36-39,41,45,48-51,53-55H,3-4,11-12,14,17,19-21H2,(H,44,46)(H,56,57)/b10-8+/t27-,34-,36-,37-,38+,39-,41-,42+,43+/m1/s1. The van der Waals surface area contributed by atoms with E-state index in [0.29, 0.717) is 42.5 Å². The second-order valence-corrected chi connectivity index (χ2v) is 16.1. The second kappa shape index (κ2) is 15.9. The second-order valence-electron chi connectivity index (χ2n) is 16.1. The molecule has 4 aliphatic rings. The number of H-pyrrole nitrogens is 1. The Hall–Kier alpha value is -5.49. The van der Waals surface area contributed by atoms with Crippen LogP contribution in [0.25, 0.3) is 6.08 Å². The summed E-state index contributed by atoms with van der Waals surface area (Å²) in [4.78, 5) is 36.3. The van der Waals surface area contributed by atoms with Crippen molar-refractivity contribution in [3.8, 4) is 17.2 Å². The van der Waals surface area contributed by atoms with Gasteiger partial charge in [0.05, 0.1) is 25.2 Å². The van der Waals surface area contributed by atoms with Crippen LogP contribution >= 0.6 is 0 Å². The first-order valence-corrected chi connectivity index (χ1v) is 19.7. The molecule has 0 radical (unpaired) electrons. The third kappa shape index (κ3) is 6.98. The quantitative estimate of drug-likeness (QED) is 0.0977. The smallest absolute Gasteiger partial charge is 0.327 e. The van der Waals surface area contributed by atoms with E-state index in [2.05, 4.69) is 15.3 Å². The molecule has 4 heterocycles. The van der Waals surface area contributed by atoms with Gasteiger partial charge in [0.25, 0.3) is 5.91 Å². The number of aliphatic hydroxyl groups excluding tert-OH is 5. The molecular formula is C43H48N4O12. The Balaban J connectivity index is 1.22. The third-order valence-corrected chi connectivity index (χ3v) is 12.9. The monoisotopic (exact) mass is 812 g/mol. The molecule has 1 saturated carbocycles. The molecule has 312 valence electrons. The van der Waals surface area contributed by atoms with Gasteiger partial charge in [0, 0.05) is 65.0 Å². The van der Waals surface area contributed by atoms with Crippen LogP contribution in [-0.2, 0) is 26.2 Å². The lowest BCUT2D eigenvalue weighted by molar-refractivity contribution is -0.277. The lowest BCUT2D eigenvalue weighted by atomic mass is 9.49. The minimum absolute atomic E-state index is 0.0394. The van der Waals surface area contributed by atoms with Crippen LogP contribution in [0.3, 0.4) is 0 Å². The number of aliphatic hydroxyl groups is 5. The lowest BCUT2D eigenvalue weighted by Crippen LogP contribution is -2.60. The molecule has 16 nitrogen and oxygen atoms in total. The Labute approximate surface area is 339 Å². The summed E-state index contributed by atoms with van der Waals surface area (Å²) >= 11 is 0. The first kappa shape index (κ1) is 40.3. The van der Waals surface area contributed by atoms with Gasteiger partial charge >= 0.3 is 5.97 Å². The van der Waals surface area contributed by atoms with Gasteiger partial charge in [0.15, 0.2) is 11.5 Å². The zero-order valence-electron chi connectivity index (χ0n) is 32.0. The number of amides is 1. The van der Waals surface area contributed by atoms with E-state index in [1.807, 2.05) is 24.3 Å². The number of imidazole rings is 1. The number of aromatic hydroxyl groups is 2. The maximum Gasteiger partial charge on any atom is 0.327 e. The van der Waals surface area contributed by atoms with Crippen LogP contribution in [0, 0.1) is 5.41 Å². The summed E-state index contributed by atoms with van der Waals surface area (Å²) in [5, 5.41) is 89.1. The number of ether oxygens (including phenoxy) is 2. The summed E-state index contributed by atoms with van der Waals surface area (Å²) in [5.74, 6) is -3.69. The fraction of sp³-hybridized carbons (Fsp3) is 0.419. The lowest BCUT2D eigenvalue weighted by Gasteiger charge is -2.58. The average Bonchev–Trinajstić information content (AvgIpc) is 3.87. The predicted molar refractivity (Wildman–Crippen MR) is 212 cm³/mol. The van der Waals surface area contributed by atoms with Gasteiger partial charge in [-0.3, -0.25) is 9.69 Å². The number of aromatic amines is 1. The van der Waals surface area contributed by atoms with Crippen LogP contribution in [0.15, 0.2) is 73.2 Å². The Bertz CT molecular complexity index is 2230. The first-order valence-electron chi connectivity index (χ1n) is 19.7. The highest BCUT2D eigenvalue weighted by Gasteiger charge is 2.59. The summed E-state index contributed by atoms with van der Waals surface area (Å²) in [5.41, 5.74) is 2.73. The number of aliphatic carboxylic acids is 1. The van der Waals surface area contributed by atoms with Gasteiger partial charge in [-0.1, -0.05) is 37.1 Å². The molecule has 0 spiro atoms. The van der Waals surface area contributed by atoms with E-state index in [4.69, 9.17) is 9.47 Å². The fourth-order valence-electron chi connectivity index (χ4n) is 9.89. The topological polar surface area (TPSA) is 258 Å². The van der Waals surface area contributed by atoms with Crippen LogP contribution < -0.4 is 15.0 Å². The maximum atomic E-state index is 14.5. The molecule has 1 saturated heterocycles. The summed E-state index contributed by atoms with van der Waals surface area (Å²) in [6, 6.07) is 13.7. The van der Waals surface area contributed by atoms with Crippen molar-refractivity contribution < 1.29 is 59.9 Å². The number of benzene rings is 3. The van der Waals surface area contributed by atoms with Crippen LogP contribution in [-0.4, -0.2) is 119 Å². The number of fused-ring (bicyclic) bond motifs is 4. The van der Waals surface area contributed by atoms with Gasteiger partial charge in [-0.25, -0.2) is 9.78 Å². The highest BCUT2D eigenvalue weighted by molar-refractivity contribution is 6.10. The van der Waals surface area contributed by atoms with Crippen molar-refractivity contribution in [2.75, 3.05) is 30.0 Å². The number of aromatic nitrogens is 2. The van der Waals surface area contributed by atoms with E-state index in [1.54, 1.807) is 18.3 Å². The number of rotatable bonds is 11. The van der Waals surface area contributed by atoms with Crippen LogP contribution in [0.5, 0.6) is 17.2 Å². The molecule has 10 N–H and O–H groups in total. The number of carbonyl (C=O) groups is 2. The van der Waals surface area contributed by atoms with Crippen molar-refractivity contribution in [3.05, 3.63) is 101 Å². The number of carboxylic acid groups (broad SMARTS) is 1. The van der Waals surface area contributed by atoms with Crippen LogP contribution in [0.1, 0.15) is 66.0 Å². The summed E-state index contributed by atoms with van der Waals surface area (Å²) in [6.07, 6.45) is 1.18. The third-order valence-electron chi connectivity index (χ3n) is 12.9. The van der Waals surface area contributed by atoms with Gasteiger partial charge < -0.3 is 60.6 Å². The Morgan fingerprint density at radius 1 is 0.983 bits per heavy atom. The molecule has 9 atom stereocenters. The molecule has 2 fully saturated rings. The summed E-state index contributed by atoms with van der Waals surface area (Å²) in [6.45, 7) is -0.433. The molecule has 1 amide bonds. The molecule has 1 aliphatic carbocycles. The van der Waals surface area contributed by atoms with E-state index in [9.17, 15) is 50.4 Å². The van der Waals surface area contributed by atoms with Crippen LogP contribution in [0.2, 0.25) is 0 Å². The van der Waals surface area contributed by atoms with Crippen molar-refractivity contribution in [2.24, 2.45) is 5.41 Å². The van der Waals surface area contributed by atoms with Gasteiger partial charge in [-0.05, 0) is 66.3 Å². The maximum absolute atomic E-state index is 14.5. The van der Waals surface area contributed by atoms with Gasteiger partial charge in [0.1, 0.15) is 36.2 Å². The van der Waals surface area contributed by atoms with E-state index in [0.717, 1.165) is 34.7 Å². The largest absolute Gasteiger partial charge is 0.508 e. The van der Waals surface area contributed by atoms with Crippen molar-refractivity contribution in [3.63, 3.8) is 0 Å². The van der Waals surface area contributed by atoms with E-state index >= 15 is 0 Å². The Morgan fingerprint density at radius 3 is 2.53 bits per heavy atom. The SMILES string of the molecule is O=C(O)[C@H]1[C@H](C[C@]23CCCC[C@@]2(CO)CNc2ccccc23)c2cc(O)c(O[C@@H]3O[C@H](CO)[C@@H](O)[C@H](O)[C@H]3O)cc2N1C(=O)/C=C/c1ccc(O)c(Cc2cnc[nH]2)c1. The molecule has 16 heteroatoms. The predicted octanol–water partition coefficient (Wildman–Crippen LogP) is 2.49. The zero-order chi connectivity index (χ0) is 41.6. The van der Waals surface area contributed by atoms with Crippen molar-refractivity contribution in [2.45, 2.75) is 86.6 Å². The van der Waals surface area contributed by atoms with Gasteiger partial charge in [0.2, 0.25) is 6.29 Å². The average molecular weight is 813 g/mol. The highest BCUT2D eigenvalue weighted by atomic mass is 16.7. The van der Waals surface area contributed by atoms with Gasteiger partial charge in [-0.15, -0.1) is 0 Å². The van der Waals surface area contributed by atoms with Crippen molar-refractivity contribution in [1.82, 2.24) is 9.97 Å². The summed E-state index contributed by atoms with van der Waals surface area (Å²) < 4.78 is 11.4. The van der Waals surface area contributed by atoms with Gasteiger partial charge in [-0.2, -0.15) is 0 Å². The molecular weight excluding hydrogens is 764 g/mol.